The molecule has 1 aromatic carbocycles. The molecular formula is C17H18N2O2. The molecule has 0 spiro atoms. The van der Waals surface area contributed by atoms with Crippen LogP contribution in [0.3, 0.4) is 0 Å². The number of pyridine rings is 1. The van der Waals surface area contributed by atoms with E-state index in [1.165, 1.54) is 11.1 Å². The van der Waals surface area contributed by atoms with E-state index in [2.05, 4.69) is 22.0 Å². The normalized spacial score (nSPS) is 13.4. The Morgan fingerprint density at radius 1 is 1.14 bits per heavy atom. The molecule has 108 valence electrons. The number of nitrogens with zero attached hydrogens (tertiary/aromatic N) is 2. The molecule has 0 fully saturated rings. The van der Waals surface area contributed by atoms with Gasteiger partial charge >= 0.3 is 5.97 Å². The second kappa shape index (κ2) is 5.56. The second-order valence-corrected chi connectivity index (χ2v) is 5.45. The molecule has 0 bridgehead atoms. The predicted molar refractivity (Wildman–Crippen MR) is 81.1 cm³/mol. The van der Waals surface area contributed by atoms with Crippen molar-refractivity contribution >= 4 is 11.8 Å². The lowest BCUT2D eigenvalue weighted by Gasteiger charge is -2.19. The summed E-state index contributed by atoms with van der Waals surface area (Å²) in [6, 6.07) is 11.8. The number of hydrogen-bond acceptors (Lipinski definition) is 4. The molecule has 0 aliphatic carbocycles. The molecule has 3 rings (SSSR count). The summed E-state index contributed by atoms with van der Waals surface area (Å²) in [7, 11) is 0. The molecule has 1 aliphatic heterocycles. The van der Waals surface area contributed by atoms with Crippen LogP contribution in [0.2, 0.25) is 0 Å². The molecule has 1 aliphatic rings. The van der Waals surface area contributed by atoms with Crippen LogP contribution in [0.4, 0.5) is 5.82 Å². The number of ether oxygens (including phenoxy) is 1. The van der Waals surface area contributed by atoms with Gasteiger partial charge in [0.05, 0.1) is 6.10 Å². The van der Waals surface area contributed by atoms with Crippen molar-refractivity contribution in [1.29, 1.82) is 0 Å². The summed E-state index contributed by atoms with van der Waals surface area (Å²) < 4.78 is 5.31. The summed E-state index contributed by atoms with van der Waals surface area (Å²) in [5.41, 5.74) is 3.09. The van der Waals surface area contributed by atoms with Crippen LogP contribution in [0.25, 0.3) is 0 Å². The van der Waals surface area contributed by atoms with Crippen molar-refractivity contribution in [2.45, 2.75) is 33.0 Å². The number of fused-ring (bicyclic) bond motifs is 1. The SMILES string of the molecule is CC(C)OC(=O)c1cccnc1N1Cc2ccccc2C1. The average Bonchev–Trinajstić information content (AvgIpc) is 2.90. The Balaban J connectivity index is 1.89. The van der Waals surface area contributed by atoms with Crippen molar-refractivity contribution < 1.29 is 9.53 Å². The van der Waals surface area contributed by atoms with Crippen molar-refractivity contribution in [3.05, 3.63) is 59.3 Å². The Labute approximate surface area is 124 Å². The van der Waals surface area contributed by atoms with E-state index in [-0.39, 0.29) is 12.1 Å². The maximum atomic E-state index is 12.2. The number of rotatable bonds is 3. The van der Waals surface area contributed by atoms with Crippen LogP contribution < -0.4 is 4.90 Å². The molecule has 0 unspecified atom stereocenters. The van der Waals surface area contributed by atoms with Crippen LogP contribution in [0, 0.1) is 0 Å². The number of esters is 1. The molecule has 0 radical (unpaired) electrons. The highest BCUT2D eigenvalue weighted by atomic mass is 16.5. The van der Waals surface area contributed by atoms with E-state index in [0.29, 0.717) is 11.4 Å². The van der Waals surface area contributed by atoms with Crippen LogP contribution >= 0.6 is 0 Å². The first kappa shape index (κ1) is 13.6. The third kappa shape index (κ3) is 2.75. The minimum Gasteiger partial charge on any atom is -0.459 e. The van der Waals surface area contributed by atoms with Crippen LogP contribution in [0.1, 0.15) is 35.3 Å². The van der Waals surface area contributed by atoms with Crippen LogP contribution in [0.5, 0.6) is 0 Å². The monoisotopic (exact) mass is 282 g/mol. The summed E-state index contributed by atoms with van der Waals surface area (Å²) in [4.78, 5) is 18.7. The van der Waals surface area contributed by atoms with Gasteiger partial charge in [0.15, 0.2) is 0 Å². The first-order valence-electron chi connectivity index (χ1n) is 7.13. The van der Waals surface area contributed by atoms with E-state index >= 15 is 0 Å². The third-order valence-corrected chi connectivity index (χ3v) is 3.49. The summed E-state index contributed by atoms with van der Waals surface area (Å²) in [6.45, 7) is 5.24. The molecule has 0 atom stereocenters. The zero-order chi connectivity index (χ0) is 14.8. The Morgan fingerprint density at radius 2 is 1.81 bits per heavy atom. The van der Waals surface area contributed by atoms with E-state index in [9.17, 15) is 4.79 Å². The summed E-state index contributed by atoms with van der Waals surface area (Å²) >= 11 is 0. The fourth-order valence-corrected chi connectivity index (χ4v) is 2.57. The standard InChI is InChI=1S/C17H18N2O2/c1-12(2)21-17(20)15-8-5-9-18-16(15)19-10-13-6-3-4-7-14(13)11-19/h3-9,12H,10-11H2,1-2H3. The molecule has 0 saturated heterocycles. The van der Waals surface area contributed by atoms with Crippen molar-refractivity contribution in [1.82, 2.24) is 4.98 Å². The Hall–Kier alpha value is -2.36. The quantitative estimate of drug-likeness (QED) is 0.811. The van der Waals surface area contributed by atoms with Crippen LogP contribution in [-0.4, -0.2) is 17.1 Å². The van der Waals surface area contributed by atoms with Crippen LogP contribution in [-0.2, 0) is 17.8 Å². The number of carbonyl (C=O) groups excluding carboxylic acids is 1. The van der Waals surface area contributed by atoms with Gasteiger partial charge in [0, 0.05) is 19.3 Å². The van der Waals surface area contributed by atoms with Crippen molar-refractivity contribution in [3.8, 4) is 0 Å². The first-order chi connectivity index (χ1) is 10.1. The topological polar surface area (TPSA) is 42.4 Å². The van der Waals surface area contributed by atoms with E-state index in [0.717, 1.165) is 13.1 Å². The zero-order valence-electron chi connectivity index (χ0n) is 12.2. The summed E-state index contributed by atoms with van der Waals surface area (Å²) in [5, 5.41) is 0. The van der Waals surface area contributed by atoms with Crippen molar-refractivity contribution in [3.63, 3.8) is 0 Å². The molecular weight excluding hydrogens is 264 g/mol. The van der Waals surface area contributed by atoms with Gasteiger partial charge in [-0.2, -0.15) is 0 Å². The average molecular weight is 282 g/mol. The van der Waals surface area contributed by atoms with Gasteiger partial charge in [0.2, 0.25) is 0 Å². The lowest BCUT2D eigenvalue weighted by molar-refractivity contribution is 0.0378. The zero-order valence-corrected chi connectivity index (χ0v) is 12.2. The largest absolute Gasteiger partial charge is 0.459 e. The highest BCUT2D eigenvalue weighted by molar-refractivity contribution is 5.95. The Bertz CT molecular complexity index is 642. The second-order valence-electron chi connectivity index (χ2n) is 5.45. The lowest BCUT2D eigenvalue weighted by atomic mass is 10.1. The maximum absolute atomic E-state index is 12.2. The lowest BCUT2D eigenvalue weighted by Crippen LogP contribution is -2.21. The molecule has 4 nitrogen and oxygen atoms in total. The van der Waals surface area contributed by atoms with E-state index in [1.54, 1.807) is 18.3 Å². The van der Waals surface area contributed by atoms with Gasteiger partial charge in [-0.1, -0.05) is 24.3 Å². The number of aromatic nitrogens is 1. The first-order valence-corrected chi connectivity index (χ1v) is 7.13. The summed E-state index contributed by atoms with van der Waals surface area (Å²) in [6.07, 6.45) is 1.58. The third-order valence-electron chi connectivity index (χ3n) is 3.49. The number of benzene rings is 1. The van der Waals surface area contributed by atoms with E-state index in [4.69, 9.17) is 4.74 Å². The van der Waals surface area contributed by atoms with Gasteiger partial charge < -0.3 is 9.64 Å². The molecule has 2 aromatic rings. The minimum absolute atomic E-state index is 0.138. The number of carbonyl (C=O) groups is 1. The van der Waals surface area contributed by atoms with Gasteiger partial charge in [-0.25, -0.2) is 9.78 Å². The number of hydrogen-bond donors (Lipinski definition) is 0. The van der Waals surface area contributed by atoms with Crippen molar-refractivity contribution in [2.75, 3.05) is 4.90 Å². The fraction of sp³-hybridized carbons (Fsp3) is 0.294. The van der Waals surface area contributed by atoms with E-state index < -0.39 is 0 Å². The smallest absolute Gasteiger partial charge is 0.342 e. The fourth-order valence-electron chi connectivity index (χ4n) is 2.57. The Kier molecular flexibility index (Phi) is 3.60. The van der Waals surface area contributed by atoms with Gasteiger partial charge in [-0.05, 0) is 37.1 Å². The predicted octanol–water partition coefficient (Wildman–Crippen LogP) is 3.17. The van der Waals surface area contributed by atoms with E-state index in [1.807, 2.05) is 26.0 Å². The van der Waals surface area contributed by atoms with Crippen LogP contribution in [0.15, 0.2) is 42.6 Å². The van der Waals surface area contributed by atoms with Gasteiger partial charge in [-0.15, -0.1) is 0 Å². The summed E-state index contributed by atoms with van der Waals surface area (Å²) in [5.74, 6) is 0.378. The molecule has 0 amide bonds. The van der Waals surface area contributed by atoms with Gasteiger partial charge in [-0.3, -0.25) is 0 Å². The molecule has 4 heteroatoms. The number of anilines is 1. The molecule has 2 heterocycles. The Morgan fingerprint density at radius 3 is 2.43 bits per heavy atom. The molecule has 1 aromatic heterocycles. The van der Waals surface area contributed by atoms with Gasteiger partial charge in [0.25, 0.3) is 0 Å². The maximum Gasteiger partial charge on any atom is 0.342 e. The highest BCUT2D eigenvalue weighted by Crippen LogP contribution is 2.29. The molecule has 21 heavy (non-hydrogen) atoms. The van der Waals surface area contributed by atoms with Gasteiger partial charge in [0.1, 0.15) is 11.4 Å². The highest BCUT2D eigenvalue weighted by Gasteiger charge is 2.24. The molecule has 0 N–H and O–H groups in total. The van der Waals surface area contributed by atoms with Crippen molar-refractivity contribution in [2.24, 2.45) is 0 Å². The molecule has 0 saturated carbocycles. The minimum atomic E-state index is -0.316.